The average Bonchev–Trinajstić information content (AvgIpc) is 3.36. The van der Waals surface area contributed by atoms with Gasteiger partial charge in [-0.1, -0.05) is 66.7 Å². The van der Waals surface area contributed by atoms with Crippen molar-refractivity contribution in [2.75, 3.05) is 14.2 Å². The molecule has 1 aromatic heterocycles. The van der Waals surface area contributed by atoms with Crippen LogP contribution in [0.15, 0.2) is 101 Å². The van der Waals surface area contributed by atoms with E-state index in [2.05, 4.69) is 4.98 Å². The second-order valence-electron chi connectivity index (χ2n) is 10.2. The van der Waals surface area contributed by atoms with Gasteiger partial charge >= 0.3 is 5.69 Å². The fourth-order valence-corrected chi connectivity index (χ4v) is 6.02. The minimum absolute atomic E-state index is 0.348. The predicted molar refractivity (Wildman–Crippen MR) is 154 cm³/mol. The standard InChI is InChI=1S/C32H32N2O8/c1-20(35)31(39)19-27(34-18-17-26(36)33-30(34)38)42-29(31)28(37)32(21-11-5-4-6-12-21,22-13-7-9-15-24(22)40-2)23-14-8-10-16-25(23)41-3/h4-18,27-29,37,39H,19H2,1-3H3,(H,33,36,38)/t27-,28?,29-,31-/m1/s1. The third kappa shape index (κ3) is 4.63. The highest BCUT2D eigenvalue weighted by molar-refractivity contribution is 5.86. The summed E-state index contributed by atoms with van der Waals surface area (Å²) in [6.45, 7) is 1.21. The number of para-hydroxylation sites is 2. The van der Waals surface area contributed by atoms with Gasteiger partial charge in [0.1, 0.15) is 29.9 Å². The van der Waals surface area contributed by atoms with E-state index in [4.69, 9.17) is 14.2 Å². The normalized spacial score (nSPS) is 21.1. The molecule has 2 heterocycles. The average molecular weight is 573 g/mol. The molecule has 0 bridgehead atoms. The SMILES string of the molecule is COc1ccccc1C(c1ccccc1)(c1ccccc1OC)C(O)[C@H]1O[C@@H](n2ccc(=O)[nH]c2=O)C[C@@]1(O)C(C)=O. The molecule has 0 radical (unpaired) electrons. The Morgan fingerprint density at radius 3 is 2.02 bits per heavy atom. The molecule has 0 spiro atoms. The minimum atomic E-state index is -2.22. The third-order valence-electron chi connectivity index (χ3n) is 8.05. The lowest BCUT2D eigenvalue weighted by Crippen LogP contribution is -2.58. The molecular weight excluding hydrogens is 540 g/mol. The van der Waals surface area contributed by atoms with E-state index in [9.17, 15) is 24.6 Å². The number of aromatic amines is 1. The monoisotopic (exact) mass is 572 g/mol. The topological polar surface area (TPSA) is 140 Å². The van der Waals surface area contributed by atoms with Gasteiger partial charge in [0.2, 0.25) is 0 Å². The third-order valence-corrected chi connectivity index (χ3v) is 8.05. The molecule has 1 fully saturated rings. The summed E-state index contributed by atoms with van der Waals surface area (Å²) in [6, 6.07) is 24.6. The molecule has 1 unspecified atom stereocenters. The zero-order valence-electron chi connectivity index (χ0n) is 23.4. The molecule has 4 aromatic rings. The lowest BCUT2D eigenvalue weighted by molar-refractivity contribution is -0.156. The van der Waals surface area contributed by atoms with Crippen LogP contribution in [0.1, 0.15) is 36.3 Å². The van der Waals surface area contributed by atoms with E-state index in [0.717, 1.165) is 10.6 Å². The molecular formula is C32H32N2O8. The Kier molecular flexibility index (Phi) is 7.87. The van der Waals surface area contributed by atoms with E-state index in [0.29, 0.717) is 28.2 Å². The smallest absolute Gasteiger partial charge is 0.330 e. The number of ketones is 1. The van der Waals surface area contributed by atoms with Crippen molar-refractivity contribution in [2.45, 2.75) is 42.8 Å². The molecule has 10 nitrogen and oxygen atoms in total. The number of aliphatic hydroxyl groups is 2. The number of ether oxygens (including phenoxy) is 3. The lowest BCUT2D eigenvalue weighted by atomic mass is 9.62. The molecule has 1 aliphatic heterocycles. The van der Waals surface area contributed by atoms with Crippen molar-refractivity contribution in [1.82, 2.24) is 9.55 Å². The maximum Gasteiger partial charge on any atom is 0.330 e. The summed E-state index contributed by atoms with van der Waals surface area (Å²) in [5.41, 5.74) is -3.49. The van der Waals surface area contributed by atoms with Crippen LogP contribution in [0, 0.1) is 0 Å². The number of hydrogen-bond acceptors (Lipinski definition) is 8. The molecule has 3 N–H and O–H groups in total. The Hall–Kier alpha value is -4.51. The van der Waals surface area contributed by atoms with Crippen molar-refractivity contribution >= 4 is 5.78 Å². The van der Waals surface area contributed by atoms with Crippen LogP contribution < -0.4 is 20.7 Å². The van der Waals surface area contributed by atoms with E-state index in [-0.39, 0.29) is 6.42 Å². The van der Waals surface area contributed by atoms with Crippen molar-refractivity contribution in [2.24, 2.45) is 0 Å². The number of carbonyl (C=O) groups excluding carboxylic acids is 1. The van der Waals surface area contributed by atoms with Crippen LogP contribution in [-0.2, 0) is 14.9 Å². The summed E-state index contributed by atoms with van der Waals surface area (Å²) in [4.78, 5) is 39.7. The van der Waals surface area contributed by atoms with Crippen molar-refractivity contribution in [3.63, 3.8) is 0 Å². The number of nitrogens with one attached hydrogen (secondary N) is 1. The Morgan fingerprint density at radius 1 is 0.952 bits per heavy atom. The van der Waals surface area contributed by atoms with E-state index in [1.54, 1.807) is 48.5 Å². The van der Waals surface area contributed by atoms with Crippen LogP contribution in [0.5, 0.6) is 11.5 Å². The Morgan fingerprint density at radius 2 is 1.50 bits per heavy atom. The molecule has 0 saturated carbocycles. The molecule has 4 atom stereocenters. The molecule has 1 aliphatic rings. The molecule has 5 rings (SSSR count). The summed E-state index contributed by atoms with van der Waals surface area (Å²) in [6.07, 6.45) is -3.49. The first-order valence-electron chi connectivity index (χ1n) is 13.4. The molecule has 0 amide bonds. The van der Waals surface area contributed by atoms with Gasteiger partial charge in [0, 0.05) is 29.8 Å². The highest BCUT2D eigenvalue weighted by atomic mass is 16.6. The first kappa shape index (κ1) is 29.0. The Balaban J connectivity index is 1.83. The quantitative estimate of drug-likeness (QED) is 0.260. The molecule has 10 heteroatoms. The van der Waals surface area contributed by atoms with Crippen LogP contribution >= 0.6 is 0 Å². The van der Waals surface area contributed by atoms with Crippen molar-refractivity contribution in [3.8, 4) is 11.5 Å². The number of benzene rings is 3. The van der Waals surface area contributed by atoms with E-state index >= 15 is 0 Å². The molecule has 3 aromatic carbocycles. The summed E-state index contributed by atoms with van der Waals surface area (Å²) >= 11 is 0. The zero-order valence-corrected chi connectivity index (χ0v) is 23.4. The molecule has 0 aliphatic carbocycles. The van der Waals surface area contributed by atoms with Gasteiger partial charge < -0.3 is 24.4 Å². The summed E-state index contributed by atoms with van der Waals surface area (Å²) in [5.74, 6) is 0.210. The van der Waals surface area contributed by atoms with Crippen LogP contribution in [0.25, 0.3) is 0 Å². The zero-order chi connectivity index (χ0) is 30.1. The van der Waals surface area contributed by atoms with Crippen LogP contribution in [-0.4, -0.2) is 57.6 Å². The number of methoxy groups -OCH3 is 2. The Bertz CT molecular complexity index is 1650. The van der Waals surface area contributed by atoms with Gasteiger partial charge in [-0.05, 0) is 24.6 Å². The maximum absolute atomic E-state index is 13.1. The number of hydrogen-bond donors (Lipinski definition) is 3. The van der Waals surface area contributed by atoms with Gasteiger partial charge in [-0.15, -0.1) is 0 Å². The molecule has 218 valence electrons. The summed E-state index contributed by atoms with van der Waals surface area (Å²) in [7, 11) is 3.03. The predicted octanol–water partition coefficient (Wildman–Crippen LogP) is 2.56. The summed E-state index contributed by atoms with van der Waals surface area (Å²) < 4.78 is 18.9. The maximum atomic E-state index is 13.1. The van der Waals surface area contributed by atoms with E-state index < -0.39 is 46.5 Å². The number of carbonyl (C=O) groups is 1. The number of aromatic nitrogens is 2. The van der Waals surface area contributed by atoms with Gasteiger partial charge in [-0.3, -0.25) is 19.1 Å². The first-order chi connectivity index (χ1) is 20.2. The minimum Gasteiger partial charge on any atom is -0.496 e. The van der Waals surface area contributed by atoms with Crippen molar-refractivity contribution in [1.29, 1.82) is 0 Å². The first-order valence-corrected chi connectivity index (χ1v) is 13.4. The fraction of sp³-hybridized carbons (Fsp3) is 0.281. The van der Waals surface area contributed by atoms with Crippen LogP contribution in [0.3, 0.4) is 0 Å². The number of rotatable bonds is 9. The Labute approximate surface area is 241 Å². The molecule has 1 saturated heterocycles. The fourth-order valence-electron chi connectivity index (χ4n) is 6.02. The van der Waals surface area contributed by atoms with Gasteiger partial charge in [-0.25, -0.2) is 4.79 Å². The number of Topliss-reactive ketones (excluding diaryl/α,β-unsaturated/α-hetero) is 1. The number of nitrogens with zero attached hydrogens (tertiary/aromatic N) is 1. The van der Waals surface area contributed by atoms with Crippen molar-refractivity contribution in [3.05, 3.63) is 129 Å². The van der Waals surface area contributed by atoms with Gasteiger partial charge in [0.25, 0.3) is 5.56 Å². The van der Waals surface area contributed by atoms with Gasteiger partial charge in [0.15, 0.2) is 11.4 Å². The largest absolute Gasteiger partial charge is 0.496 e. The summed E-state index contributed by atoms with van der Waals surface area (Å²) in [5, 5.41) is 24.7. The van der Waals surface area contributed by atoms with E-state index in [1.807, 2.05) is 30.3 Å². The highest BCUT2D eigenvalue weighted by Gasteiger charge is 2.61. The number of H-pyrrole nitrogens is 1. The number of aliphatic hydroxyl groups excluding tert-OH is 1. The van der Waals surface area contributed by atoms with Crippen LogP contribution in [0.4, 0.5) is 0 Å². The van der Waals surface area contributed by atoms with Crippen LogP contribution in [0.2, 0.25) is 0 Å². The lowest BCUT2D eigenvalue weighted by Gasteiger charge is -2.45. The second kappa shape index (κ2) is 11.4. The van der Waals surface area contributed by atoms with Gasteiger partial charge in [-0.2, -0.15) is 0 Å². The van der Waals surface area contributed by atoms with Gasteiger partial charge in [0.05, 0.1) is 19.6 Å². The van der Waals surface area contributed by atoms with Crippen molar-refractivity contribution < 1.29 is 29.2 Å². The second-order valence-corrected chi connectivity index (χ2v) is 10.2. The molecule has 42 heavy (non-hydrogen) atoms. The van der Waals surface area contributed by atoms with E-state index in [1.165, 1.54) is 27.3 Å². The highest BCUT2D eigenvalue weighted by Crippen LogP contribution is 2.53.